The smallest absolute Gasteiger partial charge is 0.264 e. The largest absolute Gasteiger partial charge is 0.491 e. The Labute approximate surface area is 184 Å². The van der Waals surface area contributed by atoms with Gasteiger partial charge in [0.25, 0.3) is 5.56 Å². The van der Waals surface area contributed by atoms with Crippen molar-refractivity contribution in [1.29, 1.82) is 0 Å². The number of aryl methyl sites for hydroxylation is 1. The van der Waals surface area contributed by atoms with Gasteiger partial charge in [-0.05, 0) is 54.3 Å². The van der Waals surface area contributed by atoms with Crippen molar-refractivity contribution in [3.63, 3.8) is 0 Å². The van der Waals surface area contributed by atoms with Gasteiger partial charge in [-0.1, -0.05) is 26.0 Å². The first-order valence-corrected chi connectivity index (χ1v) is 10.4. The van der Waals surface area contributed by atoms with Crippen molar-refractivity contribution in [3.05, 3.63) is 82.3 Å². The van der Waals surface area contributed by atoms with Crippen molar-refractivity contribution in [2.75, 3.05) is 6.61 Å². The Hall–Kier alpha value is -3.52. The second kappa shape index (κ2) is 8.92. The predicted molar refractivity (Wildman–Crippen MR) is 120 cm³/mol. The van der Waals surface area contributed by atoms with Gasteiger partial charge < -0.3 is 9.84 Å². The second-order valence-corrected chi connectivity index (χ2v) is 8.13. The summed E-state index contributed by atoms with van der Waals surface area (Å²) in [5.74, 6) is 0.665. The monoisotopic (exact) mass is 436 g/mol. The summed E-state index contributed by atoms with van der Waals surface area (Å²) in [4.78, 5) is 17.2. The van der Waals surface area contributed by atoms with Gasteiger partial charge in [-0.3, -0.25) is 9.36 Å². The lowest BCUT2D eigenvalue weighted by Crippen LogP contribution is -2.30. The summed E-state index contributed by atoms with van der Waals surface area (Å²) in [5.41, 5.74) is 2.78. The highest BCUT2D eigenvalue weighted by molar-refractivity contribution is 5.74. The molecule has 0 bridgehead atoms. The lowest BCUT2D eigenvalue weighted by Gasteiger charge is -2.18. The summed E-state index contributed by atoms with van der Waals surface area (Å²) < 4.78 is 21.9. The first kappa shape index (κ1) is 21.7. The Morgan fingerprint density at radius 2 is 1.91 bits per heavy atom. The number of aromatic nitrogens is 4. The molecule has 0 saturated heterocycles. The summed E-state index contributed by atoms with van der Waals surface area (Å²) in [6.07, 6.45) is 1.90. The van der Waals surface area contributed by atoms with E-state index in [2.05, 4.69) is 23.9 Å². The number of rotatable bonds is 7. The normalized spacial score (nSPS) is 12.4. The molecule has 2 heterocycles. The Balaban J connectivity index is 1.51. The van der Waals surface area contributed by atoms with Gasteiger partial charge in [0.1, 0.15) is 36.0 Å². The fourth-order valence-corrected chi connectivity index (χ4v) is 3.56. The van der Waals surface area contributed by atoms with Crippen LogP contribution in [0.2, 0.25) is 0 Å². The van der Waals surface area contributed by atoms with E-state index in [-0.39, 0.29) is 30.4 Å². The Bertz CT molecular complexity index is 1300. The molecular formula is C24H25FN4O3. The molecule has 0 fully saturated rings. The van der Waals surface area contributed by atoms with Gasteiger partial charge in [0.15, 0.2) is 5.65 Å². The molecule has 4 aromatic rings. The minimum Gasteiger partial charge on any atom is -0.491 e. The molecule has 0 amide bonds. The molecule has 7 nitrogen and oxygen atoms in total. The zero-order valence-electron chi connectivity index (χ0n) is 18.2. The minimum absolute atomic E-state index is 0.0341. The molecule has 0 aliphatic heterocycles. The number of hydrogen-bond acceptors (Lipinski definition) is 5. The fraction of sp³-hybridized carbons (Fsp3) is 0.292. The van der Waals surface area contributed by atoms with Gasteiger partial charge in [-0.15, -0.1) is 0 Å². The average molecular weight is 436 g/mol. The van der Waals surface area contributed by atoms with E-state index in [9.17, 15) is 14.3 Å². The topological polar surface area (TPSA) is 82.2 Å². The van der Waals surface area contributed by atoms with Gasteiger partial charge in [0.2, 0.25) is 0 Å². The number of ether oxygens (including phenoxy) is 1. The van der Waals surface area contributed by atoms with Crippen LogP contribution < -0.4 is 10.3 Å². The second-order valence-electron chi connectivity index (χ2n) is 8.13. The van der Waals surface area contributed by atoms with Crippen molar-refractivity contribution in [2.24, 2.45) is 0 Å². The minimum atomic E-state index is -0.903. The van der Waals surface area contributed by atoms with Crippen LogP contribution in [0.15, 0.2) is 59.8 Å². The molecule has 0 unspecified atom stereocenters. The van der Waals surface area contributed by atoms with Crippen molar-refractivity contribution >= 4 is 11.0 Å². The molecular weight excluding hydrogens is 411 g/mol. The third-order valence-electron chi connectivity index (χ3n) is 5.26. The maximum absolute atomic E-state index is 13.2. The highest BCUT2D eigenvalue weighted by Crippen LogP contribution is 2.27. The molecule has 0 spiro atoms. The van der Waals surface area contributed by atoms with Crippen LogP contribution in [-0.4, -0.2) is 37.1 Å². The maximum atomic E-state index is 13.2. The van der Waals surface area contributed by atoms with Crippen molar-refractivity contribution in [2.45, 2.75) is 39.3 Å². The van der Waals surface area contributed by atoms with Crippen LogP contribution in [0.1, 0.15) is 30.9 Å². The third-order valence-corrected chi connectivity index (χ3v) is 5.26. The number of aliphatic hydroxyl groups is 1. The van der Waals surface area contributed by atoms with E-state index in [1.54, 1.807) is 12.1 Å². The number of aliphatic hydroxyl groups excluding tert-OH is 1. The number of benzene rings is 2. The molecule has 1 N–H and O–H groups in total. The van der Waals surface area contributed by atoms with Crippen LogP contribution in [0, 0.1) is 12.7 Å². The summed E-state index contributed by atoms with van der Waals surface area (Å²) in [6, 6.07) is 11.8. The third kappa shape index (κ3) is 4.40. The van der Waals surface area contributed by atoms with E-state index in [1.807, 2.05) is 25.1 Å². The SMILES string of the molecule is Cc1ccc(C(C)C)c(OC[C@H](O)Cn2cnc3c(cnn3-c3ccc(F)cc3)c2=O)c1. The molecule has 32 heavy (non-hydrogen) atoms. The molecule has 4 rings (SSSR count). The highest BCUT2D eigenvalue weighted by Gasteiger charge is 2.15. The molecule has 0 aliphatic carbocycles. The van der Waals surface area contributed by atoms with E-state index < -0.39 is 6.10 Å². The van der Waals surface area contributed by atoms with Crippen LogP contribution in [0.3, 0.4) is 0 Å². The van der Waals surface area contributed by atoms with Gasteiger partial charge in [0, 0.05) is 0 Å². The zero-order chi connectivity index (χ0) is 22.8. The van der Waals surface area contributed by atoms with Crippen LogP contribution in [0.25, 0.3) is 16.7 Å². The van der Waals surface area contributed by atoms with Gasteiger partial charge in [-0.2, -0.15) is 5.10 Å². The predicted octanol–water partition coefficient (Wildman–Crippen LogP) is 3.59. The molecule has 0 saturated carbocycles. The molecule has 0 radical (unpaired) electrons. The first-order valence-electron chi connectivity index (χ1n) is 10.4. The number of hydrogen-bond donors (Lipinski definition) is 1. The fourth-order valence-electron chi connectivity index (χ4n) is 3.56. The molecule has 8 heteroatoms. The molecule has 0 aliphatic rings. The van der Waals surface area contributed by atoms with Crippen LogP contribution >= 0.6 is 0 Å². The Kier molecular flexibility index (Phi) is 6.05. The van der Waals surface area contributed by atoms with E-state index in [1.165, 1.54) is 33.9 Å². The highest BCUT2D eigenvalue weighted by atomic mass is 19.1. The van der Waals surface area contributed by atoms with Crippen LogP contribution in [0.5, 0.6) is 5.75 Å². The lowest BCUT2D eigenvalue weighted by atomic mass is 10.0. The van der Waals surface area contributed by atoms with Crippen molar-refractivity contribution in [3.8, 4) is 11.4 Å². The summed E-state index contributed by atoms with van der Waals surface area (Å²) in [5, 5.41) is 15.0. The average Bonchev–Trinajstić information content (AvgIpc) is 3.19. The van der Waals surface area contributed by atoms with Crippen LogP contribution in [0.4, 0.5) is 4.39 Å². The quantitative estimate of drug-likeness (QED) is 0.479. The van der Waals surface area contributed by atoms with Crippen LogP contribution in [-0.2, 0) is 6.54 Å². The van der Waals surface area contributed by atoms with Crippen molar-refractivity contribution in [1.82, 2.24) is 19.3 Å². The van der Waals surface area contributed by atoms with Gasteiger partial charge in [-0.25, -0.2) is 14.1 Å². The molecule has 166 valence electrons. The summed E-state index contributed by atoms with van der Waals surface area (Å²) in [6.45, 7) is 6.23. The lowest BCUT2D eigenvalue weighted by molar-refractivity contribution is 0.0908. The molecule has 1 atom stereocenters. The first-order chi connectivity index (χ1) is 15.3. The summed E-state index contributed by atoms with van der Waals surface area (Å²) >= 11 is 0. The Morgan fingerprint density at radius 3 is 2.62 bits per heavy atom. The van der Waals surface area contributed by atoms with Crippen molar-refractivity contribution < 1.29 is 14.2 Å². The molecule has 2 aromatic carbocycles. The van der Waals surface area contributed by atoms with Gasteiger partial charge in [0.05, 0.1) is 18.4 Å². The number of fused-ring (bicyclic) bond motifs is 1. The summed E-state index contributed by atoms with van der Waals surface area (Å²) in [7, 11) is 0. The maximum Gasteiger partial charge on any atom is 0.264 e. The van der Waals surface area contributed by atoms with Gasteiger partial charge >= 0.3 is 0 Å². The number of halogens is 1. The molecule has 2 aromatic heterocycles. The number of nitrogens with zero attached hydrogens (tertiary/aromatic N) is 4. The standard InChI is InChI=1S/C24H25FN4O3/c1-15(2)20-9-4-16(3)10-22(20)32-13-19(30)12-28-14-26-23-21(24(28)31)11-27-29(23)18-7-5-17(25)6-8-18/h4-11,14-15,19,30H,12-13H2,1-3H3/t19-/m1/s1. The van der Waals surface area contributed by atoms with E-state index >= 15 is 0 Å². The zero-order valence-corrected chi connectivity index (χ0v) is 18.2. The van der Waals surface area contributed by atoms with E-state index in [0.29, 0.717) is 16.7 Å². The van der Waals surface area contributed by atoms with E-state index in [4.69, 9.17) is 4.74 Å². The van der Waals surface area contributed by atoms with E-state index in [0.717, 1.165) is 16.9 Å². The Morgan fingerprint density at radius 1 is 1.16 bits per heavy atom.